The number of hydrogen-bond acceptors (Lipinski definition) is 5. The molecule has 0 aliphatic carbocycles. The van der Waals surface area contributed by atoms with Crippen molar-refractivity contribution in [2.45, 2.75) is 32.6 Å². The van der Waals surface area contributed by atoms with Crippen molar-refractivity contribution >= 4 is 21.6 Å². The second kappa shape index (κ2) is 9.76. The van der Waals surface area contributed by atoms with Gasteiger partial charge in [-0.15, -0.1) is 0 Å². The second-order valence-electron chi connectivity index (χ2n) is 6.56. The molecule has 0 fully saturated rings. The number of carbonyl (C=O) groups is 1. The zero-order valence-electron chi connectivity index (χ0n) is 17.5. The minimum atomic E-state index is -3.65. The summed E-state index contributed by atoms with van der Waals surface area (Å²) in [6.45, 7) is 7.95. The molecule has 8 heteroatoms. The van der Waals surface area contributed by atoms with Gasteiger partial charge < -0.3 is 14.8 Å². The van der Waals surface area contributed by atoms with Gasteiger partial charge in [0.2, 0.25) is 10.0 Å². The Balaban J connectivity index is 2.19. The normalized spacial score (nSPS) is 11.4. The Kier molecular flexibility index (Phi) is 7.64. The first kappa shape index (κ1) is 22.7. The number of methoxy groups -OCH3 is 1. The minimum Gasteiger partial charge on any atom is -0.495 e. The molecule has 29 heavy (non-hydrogen) atoms. The summed E-state index contributed by atoms with van der Waals surface area (Å²) >= 11 is 0. The number of amides is 1. The molecular weight excluding hydrogens is 392 g/mol. The van der Waals surface area contributed by atoms with Crippen LogP contribution in [0.1, 0.15) is 25.0 Å². The number of carbonyl (C=O) groups excluding carboxylic acids is 1. The molecular formula is C21H28N2O5S. The Hall–Kier alpha value is -2.58. The first-order chi connectivity index (χ1) is 13.7. The maximum absolute atomic E-state index is 12.8. The quantitative estimate of drug-likeness (QED) is 0.672. The Morgan fingerprint density at radius 1 is 1.03 bits per heavy atom. The Labute approximate surface area is 172 Å². The third-order valence-electron chi connectivity index (χ3n) is 4.48. The van der Waals surface area contributed by atoms with Crippen molar-refractivity contribution < 1.29 is 22.7 Å². The molecule has 0 saturated heterocycles. The third-order valence-corrected chi connectivity index (χ3v) is 6.52. The molecule has 2 rings (SSSR count). The van der Waals surface area contributed by atoms with Gasteiger partial charge in [0.25, 0.3) is 5.91 Å². The lowest BCUT2D eigenvalue weighted by Gasteiger charge is -2.19. The Bertz CT molecular complexity index is 969. The highest BCUT2D eigenvalue weighted by Crippen LogP contribution is 2.29. The molecule has 158 valence electrons. The minimum absolute atomic E-state index is 0.0904. The summed E-state index contributed by atoms with van der Waals surface area (Å²) in [5, 5.41) is 2.68. The summed E-state index contributed by atoms with van der Waals surface area (Å²) in [4.78, 5) is 12.5. The summed E-state index contributed by atoms with van der Waals surface area (Å²) < 4.78 is 37.7. The smallest absolute Gasteiger partial charge is 0.262 e. The summed E-state index contributed by atoms with van der Waals surface area (Å²) in [5.74, 6) is 0.569. The van der Waals surface area contributed by atoms with E-state index in [4.69, 9.17) is 9.47 Å². The van der Waals surface area contributed by atoms with Crippen molar-refractivity contribution in [3.8, 4) is 11.5 Å². The molecule has 0 aliphatic rings. The fourth-order valence-electron chi connectivity index (χ4n) is 2.95. The SMILES string of the molecule is CCN(CC)S(=O)(=O)c1ccc(OC)c(NC(=O)COc2ccc(C)cc2C)c1. The van der Waals surface area contributed by atoms with Gasteiger partial charge in [0.1, 0.15) is 11.5 Å². The number of nitrogens with one attached hydrogen (secondary N) is 1. The zero-order chi connectivity index (χ0) is 21.6. The average molecular weight is 421 g/mol. The van der Waals surface area contributed by atoms with Crippen LogP contribution in [0.5, 0.6) is 11.5 Å². The summed E-state index contributed by atoms with van der Waals surface area (Å²) in [6, 6.07) is 10.1. The number of benzene rings is 2. The molecule has 0 spiro atoms. The van der Waals surface area contributed by atoms with Crippen LogP contribution in [0.2, 0.25) is 0 Å². The van der Waals surface area contributed by atoms with Crippen LogP contribution in [0.25, 0.3) is 0 Å². The Morgan fingerprint density at radius 2 is 1.69 bits per heavy atom. The van der Waals surface area contributed by atoms with Crippen LogP contribution in [-0.2, 0) is 14.8 Å². The number of sulfonamides is 1. The molecule has 7 nitrogen and oxygen atoms in total. The fraction of sp³-hybridized carbons (Fsp3) is 0.381. The number of anilines is 1. The van der Waals surface area contributed by atoms with Gasteiger partial charge in [-0.05, 0) is 43.7 Å². The van der Waals surface area contributed by atoms with E-state index in [1.165, 1.54) is 29.6 Å². The van der Waals surface area contributed by atoms with Gasteiger partial charge in [0.05, 0.1) is 17.7 Å². The summed E-state index contributed by atoms with van der Waals surface area (Å²) in [6.07, 6.45) is 0. The van der Waals surface area contributed by atoms with E-state index in [0.29, 0.717) is 24.6 Å². The second-order valence-corrected chi connectivity index (χ2v) is 8.50. The topological polar surface area (TPSA) is 84.9 Å². The van der Waals surface area contributed by atoms with Gasteiger partial charge in [-0.2, -0.15) is 4.31 Å². The van der Waals surface area contributed by atoms with Gasteiger partial charge in [-0.1, -0.05) is 31.5 Å². The zero-order valence-corrected chi connectivity index (χ0v) is 18.3. The van der Waals surface area contributed by atoms with Gasteiger partial charge in [0, 0.05) is 13.1 Å². The predicted octanol–water partition coefficient (Wildman–Crippen LogP) is 3.36. The van der Waals surface area contributed by atoms with E-state index in [0.717, 1.165) is 11.1 Å². The molecule has 1 N–H and O–H groups in total. The predicted molar refractivity (Wildman–Crippen MR) is 113 cm³/mol. The van der Waals surface area contributed by atoms with Crippen LogP contribution < -0.4 is 14.8 Å². The molecule has 0 aliphatic heterocycles. The molecule has 0 heterocycles. The number of ether oxygens (including phenoxy) is 2. The van der Waals surface area contributed by atoms with E-state index in [-0.39, 0.29) is 17.2 Å². The lowest BCUT2D eigenvalue weighted by atomic mass is 10.1. The van der Waals surface area contributed by atoms with E-state index >= 15 is 0 Å². The highest BCUT2D eigenvalue weighted by molar-refractivity contribution is 7.89. The standard InChI is InChI=1S/C21H28N2O5S/c1-6-23(7-2)29(25,26)17-9-11-20(27-5)18(13-17)22-21(24)14-28-19-10-8-15(3)12-16(19)4/h8-13H,6-7,14H2,1-5H3,(H,22,24). The largest absolute Gasteiger partial charge is 0.495 e. The molecule has 0 radical (unpaired) electrons. The van der Waals surface area contributed by atoms with Gasteiger partial charge >= 0.3 is 0 Å². The summed E-state index contributed by atoms with van der Waals surface area (Å²) in [7, 11) is -2.20. The van der Waals surface area contributed by atoms with E-state index in [1.807, 2.05) is 32.0 Å². The highest BCUT2D eigenvalue weighted by atomic mass is 32.2. The van der Waals surface area contributed by atoms with E-state index in [1.54, 1.807) is 13.8 Å². The van der Waals surface area contributed by atoms with Gasteiger partial charge in [-0.3, -0.25) is 4.79 Å². The maximum Gasteiger partial charge on any atom is 0.262 e. The van der Waals surface area contributed by atoms with Crippen molar-refractivity contribution in [1.82, 2.24) is 4.31 Å². The van der Waals surface area contributed by atoms with Crippen molar-refractivity contribution in [1.29, 1.82) is 0 Å². The lowest BCUT2D eigenvalue weighted by Crippen LogP contribution is -2.30. The molecule has 0 bridgehead atoms. The lowest BCUT2D eigenvalue weighted by molar-refractivity contribution is -0.118. The van der Waals surface area contributed by atoms with Crippen LogP contribution >= 0.6 is 0 Å². The Morgan fingerprint density at radius 3 is 2.28 bits per heavy atom. The van der Waals surface area contributed by atoms with E-state index in [2.05, 4.69) is 5.32 Å². The molecule has 2 aromatic rings. The van der Waals surface area contributed by atoms with Crippen LogP contribution in [0.4, 0.5) is 5.69 Å². The van der Waals surface area contributed by atoms with Crippen molar-refractivity contribution in [3.63, 3.8) is 0 Å². The first-order valence-electron chi connectivity index (χ1n) is 9.41. The monoisotopic (exact) mass is 420 g/mol. The van der Waals surface area contributed by atoms with Crippen LogP contribution in [-0.4, -0.2) is 45.4 Å². The van der Waals surface area contributed by atoms with Crippen LogP contribution in [0, 0.1) is 13.8 Å². The molecule has 0 atom stereocenters. The number of nitrogens with zero attached hydrogens (tertiary/aromatic N) is 1. The highest BCUT2D eigenvalue weighted by Gasteiger charge is 2.23. The van der Waals surface area contributed by atoms with Gasteiger partial charge in [0.15, 0.2) is 6.61 Å². The van der Waals surface area contributed by atoms with Crippen molar-refractivity contribution in [3.05, 3.63) is 47.5 Å². The average Bonchev–Trinajstić information content (AvgIpc) is 2.68. The van der Waals surface area contributed by atoms with Crippen LogP contribution in [0.15, 0.2) is 41.3 Å². The van der Waals surface area contributed by atoms with E-state index < -0.39 is 15.9 Å². The third kappa shape index (κ3) is 5.48. The van der Waals surface area contributed by atoms with Crippen LogP contribution in [0.3, 0.4) is 0 Å². The molecule has 0 unspecified atom stereocenters. The molecule has 2 aromatic carbocycles. The van der Waals surface area contributed by atoms with Crippen molar-refractivity contribution in [2.24, 2.45) is 0 Å². The summed E-state index contributed by atoms with van der Waals surface area (Å²) in [5.41, 5.74) is 2.31. The van der Waals surface area contributed by atoms with Gasteiger partial charge in [-0.25, -0.2) is 8.42 Å². The number of hydrogen-bond donors (Lipinski definition) is 1. The maximum atomic E-state index is 12.8. The van der Waals surface area contributed by atoms with E-state index in [9.17, 15) is 13.2 Å². The molecule has 0 aromatic heterocycles. The van der Waals surface area contributed by atoms with Crippen molar-refractivity contribution in [2.75, 3.05) is 32.1 Å². The first-order valence-corrected chi connectivity index (χ1v) is 10.8. The number of aryl methyl sites for hydroxylation is 2. The molecule has 1 amide bonds. The fourth-order valence-corrected chi connectivity index (χ4v) is 4.43. The molecule has 0 saturated carbocycles. The number of rotatable bonds is 9.